The molecule has 3 N–H and O–H groups in total. The molecule has 0 radical (unpaired) electrons. The molecule has 1 fully saturated rings. The molecule has 1 aliphatic heterocycles. The Hall–Kier alpha value is -1.15. The van der Waals surface area contributed by atoms with Crippen molar-refractivity contribution < 1.29 is 18.3 Å². The summed E-state index contributed by atoms with van der Waals surface area (Å²) < 4.78 is 28.5. The molecule has 0 aliphatic carbocycles. The highest BCUT2D eigenvalue weighted by Gasteiger charge is 2.22. The van der Waals surface area contributed by atoms with Gasteiger partial charge in [-0.15, -0.1) is 0 Å². The summed E-state index contributed by atoms with van der Waals surface area (Å²) in [4.78, 5) is 2.03. The standard InChI is InChI=1S/C13H20N2O4S.C2H6/c1-13(2,16)10-7-11(15-3-5-19-6-4-15)9-12(8-10)20(14,17)18;1-2/h7-9,16H,3-6H2,1-2H3,(H2,14,17,18);1-2H3. The van der Waals surface area contributed by atoms with E-state index in [-0.39, 0.29) is 4.90 Å². The van der Waals surface area contributed by atoms with Gasteiger partial charge in [-0.05, 0) is 37.6 Å². The largest absolute Gasteiger partial charge is 0.386 e. The molecule has 2 rings (SSSR count). The molecule has 0 spiro atoms. The summed E-state index contributed by atoms with van der Waals surface area (Å²) in [6.07, 6.45) is 0. The normalized spacial score (nSPS) is 16.0. The predicted molar refractivity (Wildman–Crippen MR) is 87.4 cm³/mol. The third-order valence-electron chi connectivity index (χ3n) is 3.30. The molecular formula is C15H26N2O4S. The highest BCUT2D eigenvalue weighted by atomic mass is 32.2. The third kappa shape index (κ3) is 4.95. The summed E-state index contributed by atoms with van der Waals surface area (Å²) in [6.45, 7) is 9.77. The monoisotopic (exact) mass is 330 g/mol. The van der Waals surface area contributed by atoms with E-state index in [0.717, 1.165) is 5.69 Å². The summed E-state index contributed by atoms with van der Waals surface area (Å²) in [7, 11) is -3.82. The lowest BCUT2D eigenvalue weighted by Crippen LogP contribution is -2.36. The smallest absolute Gasteiger partial charge is 0.238 e. The molecule has 0 amide bonds. The third-order valence-corrected chi connectivity index (χ3v) is 4.20. The Bertz CT molecular complexity index is 588. The van der Waals surface area contributed by atoms with Crippen LogP contribution in [0.4, 0.5) is 5.69 Å². The second-order valence-electron chi connectivity index (χ2n) is 5.42. The number of ether oxygens (including phenoxy) is 1. The zero-order valence-electron chi connectivity index (χ0n) is 13.7. The van der Waals surface area contributed by atoms with Crippen LogP contribution in [0, 0.1) is 0 Å². The van der Waals surface area contributed by atoms with Crippen molar-refractivity contribution >= 4 is 15.7 Å². The minimum atomic E-state index is -3.82. The molecule has 7 heteroatoms. The van der Waals surface area contributed by atoms with E-state index >= 15 is 0 Å². The van der Waals surface area contributed by atoms with Crippen LogP contribution in [-0.2, 0) is 20.4 Å². The van der Waals surface area contributed by atoms with Crippen molar-refractivity contribution in [3.05, 3.63) is 23.8 Å². The minimum Gasteiger partial charge on any atom is -0.386 e. The Morgan fingerprint density at radius 1 is 1.18 bits per heavy atom. The van der Waals surface area contributed by atoms with Gasteiger partial charge < -0.3 is 14.7 Å². The molecule has 0 aromatic heterocycles. The van der Waals surface area contributed by atoms with Crippen LogP contribution in [0.3, 0.4) is 0 Å². The van der Waals surface area contributed by atoms with Crippen molar-refractivity contribution in [1.82, 2.24) is 0 Å². The van der Waals surface area contributed by atoms with E-state index < -0.39 is 15.6 Å². The molecule has 6 nitrogen and oxygen atoms in total. The van der Waals surface area contributed by atoms with E-state index in [4.69, 9.17) is 9.88 Å². The van der Waals surface area contributed by atoms with Gasteiger partial charge in [0.05, 0.1) is 23.7 Å². The summed E-state index contributed by atoms with van der Waals surface area (Å²) >= 11 is 0. The van der Waals surface area contributed by atoms with Gasteiger partial charge in [-0.3, -0.25) is 0 Å². The molecule has 0 unspecified atom stereocenters. The molecule has 0 bridgehead atoms. The molecule has 1 aromatic rings. The average molecular weight is 330 g/mol. The number of morpholine rings is 1. The first-order valence-electron chi connectivity index (χ1n) is 7.41. The van der Waals surface area contributed by atoms with E-state index in [1.165, 1.54) is 12.1 Å². The van der Waals surface area contributed by atoms with Gasteiger partial charge in [-0.1, -0.05) is 13.8 Å². The van der Waals surface area contributed by atoms with Crippen LogP contribution in [-0.4, -0.2) is 39.8 Å². The molecule has 1 heterocycles. The highest BCUT2D eigenvalue weighted by molar-refractivity contribution is 7.89. The number of nitrogens with zero attached hydrogens (tertiary/aromatic N) is 1. The lowest BCUT2D eigenvalue weighted by molar-refractivity contribution is 0.0783. The fraction of sp³-hybridized carbons (Fsp3) is 0.600. The fourth-order valence-corrected chi connectivity index (χ4v) is 2.68. The van der Waals surface area contributed by atoms with Gasteiger partial charge in [0.25, 0.3) is 0 Å². The van der Waals surface area contributed by atoms with Crippen LogP contribution in [0.25, 0.3) is 0 Å². The van der Waals surface area contributed by atoms with Gasteiger partial charge in [0, 0.05) is 18.8 Å². The first kappa shape index (κ1) is 18.9. The summed E-state index contributed by atoms with van der Waals surface area (Å²) in [5.41, 5.74) is 0.115. The Labute approximate surface area is 132 Å². The minimum absolute atomic E-state index is 0.0126. The Morgan fingerprint density at radius 2 is 1.73 bits per heavy atom. The lowest BCUT2D eigenvalue weighted by Gasteiger charge is -2.30. The van der Waals surface area contributed by atoms with E-state index in [1.54, 1.807) is 19.9 Å². The van der Waals surface area contributed by atoms with E-state index in [0.29, 0.717) is 31.9 Å². The zero-order chi connectivity index (χ0) is 17.0. The SMILES string of the molecule is CC.CC(C)(O)c1cc(N2CCOCC2)cc(S(N)(=O)=O)c1. The molecule has 22 heavy (non-hydrogen) atoms. The quantitative estimate of drug-likeness (QED) is 0.874. The Balaban J connectivity index is 0.00000116. The fourth-order valence-electron chi connectivity index (χ4n) is 2.10. The van der Waals surface area contributed by atoms with Crippen molar-refractivity contribution in [1.29, 1.82) is 0 Å². The van der Waals surface area contributed by atoms with Crippen molar-refractivity contribution in [2.24, 2.45) is 5.14 Å². The number of benzene rings is 1. The van der Waals surface area contributed by atoms with Crippen LogP contribution in [0.1, 0.15) is 33.3 Å². The number of rotatable bonds is 3. The number of nitrogens with two attached hydrogens (primary N) is 1. The maximum atomic E-state index is 11.6. The van der Waals surface area contributed by atoms with Crippen LogP contribution in [0.5, 0.6) is 0 Å². The van der Waals surface area contributed by atoms with Crippen molar-refractivity contribution in [2.75, 3.05) is 31.2 Å². The summed E-state index contributed by atoms with van der Waals surface area (Å²) in [6, 6.07) is 4.75. The average Bonchev–Trinajstić information content (AvgIpc) is 2.48. The number of aliphatic hydroxyl groups is 1. The number of hydrogen-bond donors (Lipinski definition) is 2. The highest BCUT2D eigenvalue weighted by Crippen LogP contribution is 2.28. The lowest BCUT2D eigenvalue weighted by atomic mass is 9.97. The van der Waals surface area contributed by atoms with Gasteiger partial charge in [-0.2, -0.15) is 0 Å². The van der Waals surface area contributed by atoms with Gasteiger partial charge in [-0.25, -0.2) is 13.6 Å². The summed E-state index contributed by atoms with van der Waals surface area (Å²) in [5, 5.41) is 15.3. The first-order valence-corrected chi connectivity index (χ1v) is 8.96. The van der Waals surface area contributed by atoms with Crippen molar-refractivity contribution in [2.45, 2.75) is 38.2 Å². The van der Waals surface area contributed by atoms with Gasteiger partial charge in [0.15, 0.2) is 0 Å². The second-order valence-corrected chi connectivity index (χ2v) is 6.98. The van der Waals surface area contributed by atoms with Crippen LogP contribution in [0.2, 0.25) is 0 Å². The second kappa shape index (κ2) is 7.41. The molecule has 0 saturated carbocycles. The van der Waals surface area contributed by atoms with Gasteiger partial charge >= 0.3 is 0 Å². The first-order chi connectivity index (χ1) is 10.2. The van der Waals surface area contributed by atoms with Crippen LogP contribution >= 0.6 is 0 Å². The maximum absolute atomic E-state index is 11.6. The molecule has 1 saturated heterocycles. The topological polar surface area (TPSA) is 92.9 Å². The number of hydrogen-bond acceptors (Lipinski definition) is 5. The summed E-state index contributed by atoms with van der Waals surface area (Å²) in [5.74, 6) is 0. The molecule has 1 aliphatic rings. The maximum Gasteiger partial charge on any atom is 0.238 e. The van der Waals surface area contributed by atoms with Gasteiger partial charge in [0.1, 0.15) is 0 Å². The van der Waals surface area contributed by atoms with Crippen LogP contribution < -0.4 is 10.0 Å². The van der Waals surface area contributed by atoms with Crippen LogP contribution in [0.15, 0.2) is 23.1 Å². The molecular weight excluding hydrogens is 304 g/mol. The molecule has 1 aromatic carbocycles. The number of anilines is 1. The Morgan fingerprint density at radius 3 is 2.18 bits per heavy atom. The number of primary sulfonamides is 1. The van der Waals surface area contributed by atoms with E-state index in [1.807, 2.05) is 18.7 Å². The molecule has 126 valence electrons. The molecule has 0 atom stereocenters. The predicted octanol–water partition coefficient (Wildman–Crippen LogP) is 1.42. The van der Waals surface area contributed by atoms with E-state index in [9.17, 15) is 13.5 Å². The van der Waals surface area contributed by atoms with Gasteiger partial charge in [0.2, 0.25) is 10.0 Å². The van der Waals surface area contributed by atoms with Crippen molar-refractivity contribution in [3.8, 4) is 0 Å². The van der Waals surface area contributed by atoms with Crippen molar-refractivity contribution in [3.63, 3.8) is 0 Å². The Kier molecular flexibility index (Phi) is 6.37. The zero-order valence-corrected chi connectivity index (χ0v) is 14.5. The number of sulfonamides is 1. The van der Waals surface area contributed by atoms with E-state index in [2.05, 4.69) is 0 Å².